The van der Waals surface area contributed by atoms with E-state index in [4.69, 9.17) is 17.3 Å². The van der Waals surface area contributed by atoms with Gasteiger partial charge in [0.25, 0.3) is 0 Å². The van der Waals surface area contributed by atoms with Crippen molar-refractivity contribution in [3.63, 3.8) is 0 Å². The van der Waals surface area contributed by atoms with Crippen LogP contribution in [0.2, 0.25) is 5.02 Å². The summed E-state index contributed by atoms with van der Waals surface area (Å²) in [5, 5.41) is -0.0255. The van der Waals surface area contributed by atoms with Crippen LogP contribution in [0.25, 0.3) is 0 Å². The van der Waals surface area contributed by atoms with Gasteiger partial charge in [-0.15, -0.1) is 0 Å². The molecule has 0 saturated carbocycles. The molecular weight excluding hydrogens is 258 g/mol. The Balaban J connectivity index is 2.46. The molecule has 0 saturated heterocycles. The quantitative estimate of drug-likeness (QED) is 0.835. The molecule has 0 aliphatic rings. The first kappa shape index (κ1) is 12.6. The van der Waals surface area contributed by atoms with Gasteiger partial charge in [0.1, 0.15) is 11.6 Å². The second-order valence-corrected chi connectivity index (χ2v) is 4.27. The maximum absolute atomic E-state index is 13.2. The standard InChI is InChI=1S/C13H11ClF2N2/c1-18(9-4-2-3-8(15)5-9)13-6-10(14)11(16)7-12(13)17/h2-7H,17H2,1H3. The number of nitrogens with two attached hydrogens (primary N) is 1. The van der Waals surface area contributed by atoms with E-state index in [9.17, 15) is 8.78 Å². The molecule has 0 aliphatic heterocycles. The Morgan fingerprint density at radius 1 is 1.17 bits per heavy atom. The fraction of sp³-hybridized carbons (Fsp3) is 0.0769. The fourth-order valence-corrected chi connectivity index (χ4v) is 1.82. The van der Waals surface area contributed by atoms with Crippen LogP contribution in [0.3, 0.4) is 0 Å². The van der Waals surface area contributed by atoms with Crippen LogP contribution in [0.4, 0.5) is 25.8 Å². The van der Waals surface area contributed by atoms with Crippen molar-refractivity contribution in [2.75, 3.05) is 17.7 Å². The maximum atomic E-state index is 13.2. The van der Waals surface area contributed by atoms with Crippen LogP contribution < -0.4 is 10.6 Å². The van der Waals surface area contributed by atoms with E-state index < -0.39 is 5.82 Å². The molecule has 0 unspecified atom stereocenters. The predicted octanol–water partition coefficient (Wildman–Crippen LogP) is 3.97. The highest BCUT2D eigenvalue weighted by Gasteiger charge is 2.12. The number of hydrogen-bond acceptors (Lipinski definition) is 2. The Bertz CT molecular complexity index is 587. The molecule has 2 rings (SSSR count). The summed E-state index contributed by atoms with van der Waals surface area (Å²) >= 11 is 5.72. The van der Waals surface area contributed by atoms with Gasteiger partial charge in [0, 0.05) is 18.8 Å². The lowest BCUT2D eigenvalue weighted by atomic mass is 10.2. The van der Waals surface area contributed by atoms with E-state index in [1.807, 2.05) is 0 Å². The third-order valence-electron chi connectivity index (χ3n) is 2.63. The smallest absolute Gasteiger partial charge is 0.143 e. The largest absolute Gasteiger partial charge is 0.397 e. The van der Waals surface area contributed by atoms with Crippen LogP contribution in [0.5, 0.6) is 0 Å². The molecule has 0 amide bonds. The summed E-state index contributed by atoms with van der Waals surface area (Å²) < 4.78 is 26.3. The zero-order valence-electron chi connectivity index (χ0n) is 9.62. The molecule has 0 fully saturated rings. The summed E-state index contributed by atoms with van der Waals surface area (Å²) in [7, 11) is 1.70. The molecule has 0 bridgehead atoms. The van der Waals surface area contributed by atoms with Crippen molar-refractivity contribution in [3.8, 4) is 0 Å². The molecule has 0 radical (unpaired) electrons. The summed E-state index contributed by atoms with van der Waals surface area (Å²) in [6.45, 7) is 0. The second-order valence-electron chi connectivity index (χ2n) is 3.86. The summed E-state index contributed by atoms with van der Waals surface area (Å²) in [6, 6.07) is 8.57. The molecule has 0 heterocycles. The van der Waals surface area contributed by atoms with Gasteiger partial charge in [-0.2, -0.15) is 0 Å². The molecule has 0 aromatic heterocycles. The molecule has 2 aromatic carbocycles. The minimum atomic E-state index is -0.578. The number of benzene rings is 2. The Labute approximate surface area is 109 Å². The van der Waals surface area contributed by atoms with Crippen molar-refractivity contribution in [2.45, 2.75) is 0 Å². The molecule has 0 aliphatic carbocycles. The van der Waals surface area contributed by atoms with Gasteiger partial charge < -0.3 is 10.6 Å². The van der Waals surface area contributed by atoms with Crippen molar-refractivity contribution >= 4 is 28.7 Å². The average molecular weight is 269 g/mol. The van der Waals surface area contributed by atoms with Gasteiger partial charge in [-0.05, 0) is 24.3 Å². The monoisotopic (exact) mass is 268 g/mol. The van der Waals surface area contributed by atoms with Gasteiger partial charge in [-0.25, -0.2) is 8.78 Å². The molecule has 0 atom stereocenters. The minimum Gasteiger partial charge on any atom is -0.397 e. The molecule has 2 nitrogen and oxygen atoms in total. The van der Waals surface area contributed by atoms with Crippen molar-refractivity contribution in [2.24, 2.45) is 0 Å². The van der Waals surface area contributed by atoms with Crippen molar-refractivity contribution in [3.05, 3.63) is 53.1 Å². The summed E-state index contributed by atoms with van der Waals surface area (Å²) in [4.78, 5) is 1.64. The zero-order valence-corrected chi connectivity index (χ0v) is 10.4. The lowest BCUT2D eigenvalue weighted by Crippen LogP contribution is -2.12. The van der Waals surface area contributed by atoms with E-state index in [0.29, 0.717) is 11.4 Å². The van der Waals surface area contributed by atoms with Gasteiger partial charge in [0.2, 0.25) is 0 Å². The molecular formula is C13H11ClF2N2. The highest BCUT2D eigenvalue weighted by Crippen LogP contribution is 2.33. The van der Waals surface area contributed by atoms with Gasteiger partial charge in [0.15, 0.2) is 0 Å². The molecule has 5 heteroatoms. The van der Waals surface area contributed by atoms with Gasteiger partial charge in [-0.1, -0.05) is 17.7 Å². The lowest BCUT2D eigenvalue weighted by Gasteiger charge is -2.21. The van der Waals surface area contributed by atoms with Crippen LogP contribution in [0.1, 0.15) is 0 Å². The normalized spacial score (nSPS) is 10.4. The third-order valence-corrected chi connectivity index (χ3v) is 2.92. The van der Waals surface area contributed by atoms with Crippen molar-refractivity contribution < 1.29 is 8.78 Å². The first-order valence-corrected chi connectivity index (χ1v) is 5.60. The van der Waals surface area contributed by atoms with Crippen LogP contribution in [0.15, 0.2) is 36.4 Å². The Hall–Kier alpha value is -1.81. The number of hydrogen-bond donors (Lipinski definition) is 1. The van der Waals surface area contributed by atoms with E-state index in [1.165, 1.54) is 18.2 Å². The highest BCUT2D eigenvalue weighted by atomic mass is 35.5. The lowest BCUT2D eigenvalue weighted by molar-refractivity contribution is 0.627. The maximum Gasteiger partial charge on any atom is 0.143 e. The van der Waals surface area contributed by atoms with E-state index >= 15 is 0 Å². The molecule has 2 aromatic rings. The van der Waals surface area contributed by atoms with E-state index in [2.05, 4.69) is 0 Å². The van der Waals surface area contributed by atoms with E-state index in [0.717, 1.165) is 6.07 Å². The van der Waals surface area contributed by atoms with Gasteiger partial charge in [-0.3, -0.25) is 0 Å². The molecule has 18 heavy (non-hydrogen) atoms. The molecule has 0 spiro atoms. The van der Waals surface area contributed by atoms with Crippen LogP contribution >= 0.6 is 11.6 Å². The SMILES string of the molecule is CN(c1cccc(F)c1)c1cc(Cl)c(F)cc1N. The first-order valence-electron chi connectivity index (χ1n) is 5.23. The van der Waals surface area contributed by atoms with Crippen molar-refractivity contribution in [1.29, 1.82) is 0 Å². The van der Waals surface area contributed by atoms with Crippen LogP contribution in [0, 0.1) is 11.6 Å². The Morgan fingerprint density at radius 3 is 2.56 bits per heavy atom. The topological polar surface area (TPSA) is 29.3 Å². The Kier molecular flexibility index (Phi) is 3.39. The molecule has 2 N–H and O–H groups in total. The van der Waals surface area contributed by atoms with E-state index in [1.54, 1.807) is 24.1 Å². The summed E-state index contributed by atoms with van der Waals surface area (Å²) in [5.41, 5.74) is 7.09. The summed E-state index contributed by atoms with van der Waals surface area (Å²) in [5.74, 6) is -0.934. The second kappa shape index (κ2) is 4.82. The summed E-state index contributed by atoms with van der Waals surface area (Å²) in [6.07, 6.45) is 0. The average Bonchev–Trinajstić information content (AvgIpc) is 2.33. The number of rotatable bonds is 2. The van der Waals surface area contributed by atoms with Crippen LogP contribution in [-0.4, -0.2) is 7.05 Å². The van der Waals surface area contributed by atoms with Gasteiger partial charge in [0.05, 0.1) is 16.4 Å². The first-order chi connectivity index (χ1) is 8.49. The number of anilines is 3. The third kappa shape index (κ3) is 2.38. The number of nitrogen functional groups attached to an aromatic ring is 1. The highest BCUT2D eigenvalue weighted by molar-refractivity contribution is 6.31. The number of halogens is 3. The van der Waals surface area contributed by atoms with E-state index in [-0.39, 0.29) is 16.5 Å². The minimum absolute atomic E-state index is 0.0255. The molecule has 94 valence electrons. The van der Waals surface area contributed by atoms with Crippen LogP contribution in [-0.2, 0) is 0 Å². The predicted molar refractivity (Wildman–Crippen MR) is 70.3 cm³/mol. The number of nitrogens with zero attached hydrogens (tertiary/aromatic N) is 1. The van der Waals surface area contributed by atoms with Gasteiger partial charge >= 0.3 is 0 Å². The van der Waals surface area contributed by atoms with Crippen molar-refractivity contribution in [1.82, 2.24) is 0 Å². The Morgan fingerprint density at radius 2 is 1.89 bits per heavy atom. The fourth-order valence-electron chi connectivity index (χ4n) is 1.67. The zero-order chi connectivity index (χ0) is 13.3.